The summed E-state index contributed by atoms with van der Waals surface area (Å²) in [4.78, 5) is 0. The van der Waals surface area contributed by atoms with Crippen molar-refractivity contribution in [1.82, 2.24) is 0 Å². The minimum atomic E-state index is -3.37. The normalized spacial score (nSPS) is 13.2. The summed E-state index contributed by atoms with van der Waals surface area (Å²) in [6.45, 7) is 0.298. The second-order valence-electron chi connectivity index (χ2n) is 4.03. The largest absolute Gasteiger partial charge is 0.497 e. The molecule has 0 radical (unpaired) electrons. The monoisotopic (exact) mass is 298 g/mol. The molecule has 1 aromatic carbocycles. The van der Waals surface area contributed by atoms with Gasteiger partial charge >= 0.3 is 0 Å². The lowest BCUT2D eigenvalue weighted by Crippen LogP contribution is -2.54. The molecule has 102 valence electrons. The maximum atomic E-state index is 12.5. The van der Waals surface area contributed by atoms with Gasteiger partial charge in [-0.25, -0.2) is 8.42 Å². The predicted molar refractivity (Wildman–Crippen MR) is 75.0 cm³/mol. The van der Waals surface area contributed by atoms with Gasteiger partial charge in [-0.3, -0.25) is 0 Å². The Kier molecular flexibility index (Phi) is 4.24. The van der Waals surface area contributed by atoms with Crippen LogP contribution in [0.5, 0.6) is 5.75 Å². The number of quaternary nitrogens is 1. The zero-order valence-electron chi connectivity index (χ0n) is 10.6. The van der Waals surface area contributed by atoms with Crippen molar-refractivity contribution in [1.29, 1.82) is 0 Å². The van der Waals surface area contributed by atoms with Crippen molar-refractivity contribution in [3.8, 4) is 5.75 Å². The fourth-order valence-corrected chi connectivity index (χ4v) is 4.76. The predicted octanol–water partition coefficient (Wildman–Crippen LogP) is 1.51. The smallest absolute Gasteiger partial charge is 0.200 e. The zero-order chi connectivity index (χ0) is 13.9. The average molecular weight is 298 g/mol. The fraction of sp³-hybridized carbons (Fsp3) is 0.231. The van der Waals surface area contributed by atoms with Gasteiger partial charge < -0.3 is 10.5 Å². The summed E-state index contributed by atoms with van der Waals surface area (Å²) in [5.74, 6) is 0.708. The van der Waals surface area contributed by atoms with Crippen LogP contribution in [0.3, 0.4) is 0 Å². The summed E-state index contributed by atoms with van der Waals surface area (Å²) < 4.78 is 30.5. The minimum Gasteiger partial charge on any atom is -0.497 e. The van der Waals surface area contributed by atoms with E-state index in [0.717, 1.165) is 5.56 Å². The van der Waals surface area contributed by atoms with Gasteiger partial charge in [0.2, 0.25) is 0 Å². The van der Waals surface area contributed by atoms with Crippen molar-refractivity contribution in [3.63, 3.8) is 0 Å². The molecule has 0 unspecified atom stereocenters. The van der Waals surface area contributed by atoms with E-state index in [1.807, 2.05) is 0 Å². The van der Waals surface area contributed by atoms with Crippen LogP contribution in [0.25, 0.3) is 0 Å². The number of rotatable bonds is 5. The second-order valence-corrected chi connectivity index (χ2v) is 7.33. The first-order chi connectivity index (χ1) is 9.09. The Morgan fingerprint density at radius 2 is 1.95 bits per heavy atom. The highest BCUT2D eigenvalue weighted by molar-refractivity contribution is 7.93. The summed E-state index contributed by atoms with van der Waals surface area (Å²) in [6, 6.07) is 10.5. The van der Waals surface area contributed by atoms with Crippen molar-refractivity contribution in [3.05, 3.63) is 47.3 Å². The van der Waals surface area contributed by atoms with E-state index in [0.29, 0.717) is 16.5 Å². The van der Waals surface area contributed by atoms with E-state index in [4.69, 9.17) is 4.74 Å². The van der Waals surface area contributed by atoms with Crippen molar-refractivity contribution < 1.29 is 18.9 Å². The first kappa shape index (κ1) is 14.0. The van der Waals surface area contributed by atoms with Crippen molar-refractivity contribution in [2.45, 2.75) is 9.46 Å². The van der Waals surface area contributed by atoms with E-state index in [1.54, 1.807) is 48.9 Å². The van der Waals surface area contributed by atoms with Gasteiger partial charge in [0.05, 0.1) is 13.7 Å². The van der Waals surface area contributed by atoms with Gasteiger partial charge in [-0.15, -0.1) is 11.3 Å². The first-order valence-corrected chi connectivity index (χ1v) is 8.22. The Labute approximate surface area is 116 Å². The van der Waals surface area contributed by atoms with Gasteiger partial charge in [0.25, 0.3) is 0 Å². The number of hydrogen-bond donors (Lipinski definition) is 1. The molecule has 0 fully saturated rings. The molecule has 0 bridgehead atoms. The van der Waals surface area contributed by atoms with Gasteiger partial charge in [-0.05, 0) is 29.1 Å². The van der Waals surface area contributed by atoms with Gasteiger partial charge in [-0.2, -0.15) is 0 Å². The standard InChI is InChI=1S/C13H15NO3S2/c1-17-11-6-4-10(5-7-11)12(9-14)19(15,16)13-3-2-8-18-13/h2-8,12H,9,14H2,1H3/p+1/t12-/m0/s1. The highest BCUT2D eigenvalue weighted by Gasteiger charge is 2.30. The molecule has 1 aromatic heterocycles. The van der Waals surface area contributed by atoms with Crippen LogP contribution in [0.4, 0.5) is 0 Å². The summed E-state index contributed by atoms with van der Waals surface area (Å²) in [5.41, 5.74) is 4.52. The third-order valence-corrected chi connectivity index (χ3v) is 6.50. The Morgan fingerprint density at radius 3 is 2.42 bits per heavy atom. The summed E-state index contributed by atoms with van der Waals surface area (Å²) in [5, 5.41) is 1.15. The molecule has 2 aromatic rings. The third kappa shape index (κ3) is 2.80. The summed E-state index contributed by atoms with van der Waals surface area (Å²) in [6.07, 6.45) is 0. The zero-order valence-corrected chi connectivity index (χ0v) is 12.2. The molecule has 0 spiro atoms. The van der Waals surface area contributed by atoms with Gasteiger partial charge in [0.15, 0.2) is 9.84 Å². The summed E-state index contributed by atoms with van der Waals surface area (Å²) >= 11 is 1.24. The molecule has 0 aliphatic heterocycles. The molecule has 0 aliphatic carbocycles. The van der Waals surface area contributed by atoms with Gasteiger partial charge in [0.1, 0.15) is 15.2 Å². The van der Waals surface area contributed by atoms with Crippen LogP contribution in [0.15, 0.2) is 46.0 Å². The minimum absolute atomic E-state index is 0.298. The SMILES string of the molecule is COc1ccc([C@H](C[NH3+])S(=O)(=O)c2cccs2)cc1. The molecule has 3 N–H and O–H groups in total. The number of thiophene rings is 1. The number of methoxy groups -OCH3 is 1. The Balaban J connectivity index is 2.39. The van der Waals surface area contributed by atoms with Crippen LogP contribution in [0.1, 0.15) is 10.8 Å². The molecule has 6 heteroatoms. The lowest BCUT2D eigenvalue weighted by atomic mass is 10.1. The van der Waals surface area contributed by atoms with Crippen LogP contribution in [0.2, 0.25) is 0 Å². The van der Waals surface area contributed by atoms with E-state index in [-0.39, 0.29) is 0 Å². The van der Waals surface area contributed by atoms with Crippen molar-refractivity contribution in [2.75, 3.05) is 13.7 Å². The number of ether oxygens (including phenoxy) is 1. The number of benzene rings is 1. The van der Waals surface area contributed by atoms with E-state index in [1.165, 1.54) is 11.3 Å². The molecule has 4 nitrogen and oxygen atoms in total. The average Bonchev–Trinajstić information content (AvgIpc) is 2.95. The van der Waals surface area contributed by atoms with Crippen LogP contribution >= 0.6 is 11.3 Å². The van der Waals surface area contributed by atoms with E-state index in [9.17, 15) is 8.42 Å². The molecule has 1 atom stereocenters. The van der Waals surface area contributed by atoms with Crippen LogP contribution in [0, 0.1) is 0 Å². The molecule has 1 heterocycles. The highest BCUT2D eigenvalue weighted by Crippen LogP contribution is 2.31. The second kappa shape index (κ2) is 5.73. The molecule has 0 saturated carbocycles. The summed E-state index contributed by atoms with van der Waals surface area (Å²) in [7, 11) is -1.79. The number of hydrogen-bond acceptors (Lipinski definition) is 4. The molecular weight excluding hydrogens is 282 g/mol. The first-order valence-electron chi connectivity index (χ1n) is 5.80. The molecule has 0 aliphatic rings. The molecule has 19 heavy (non-hydrogen) atoms. The molecular formula is C13H16NO3S2+. The lowest BCUT2D eigenvalue weighted by molar-refractivity contribution is -0.367. The maximum Gasteiger partial charge on any atom is 0.200 e. The van der Waals surface area contributed by atoms with E-state index >= 15 is 0 Å². The number of sulfone groups is 1. The Bertz CT molecular complexity index is 618. The Morgan fingerprint density at radius 1 is 1.26 bits per heavy atom. The highest BCUT2D eigenvalue weighted by atomic mass is 32.2. The molecule has 0 amide bonds. The van der Waals surface area contributed by atoms with Gasteiger partial charge in [-0.1, -0.05) is 18.2 Å². The fourth-order valence-electron chi connectivity index (χ4n) is 1.89. The van der Waals surface area contributed by atoms with E-state index < -0.39 is 15.1 Å². The van der Waals surface area contributed by atoms with Crippen LogP contribution in [-0.4, -0.2) is 22.1 Å². The quantitative estimate of drug-likeness (QED) is 0.909. The van der Waals surface area contributed by atoms with Crippen LogP contribution in [-0.2, 0) is 9.84 Å². The van der Waals surface area contributed by atoms with Crippen molar-refractivity contribution in [2.24, 2.45) is 0 Å². The Hall–Kier alpha value is -1.37. The lowest BCUT2D eigenvalue weighted by Gasteiger charge is -2.13. The van der Waals surface area contributed by atoms with E-state index in [2.05, 4.69) is 5.73 Å². The maximum absolute atomic E-state index is 12.5. The third-order valence-electron chi connectivity index (χ3n) is 2.90. The van der Waals surface area contributed by atoms with Gasteiger partial charge in [0, 0.05) is 0 Å². The topological polar surface area (TPSA) is 71.0 Å². The molecule has 2 rings (SSSR count). The molecule has 0 saturated heterocycles. The van der Waals surface area contributed by atoms with Crippen molar-refractivity contribution >= 4 is 21.2 Å². The van der Waals surface area contributed by atoms with Crippen LogP contribution < -0.4 is 10.5 Å².